The van der Waals surface area contributed by atoms with Gasteiger partial charge in [-0.25, -0.2) is 4.68 Å². The number of aryl methyl sites for hydroxylation is 1. The van der Waals surface area contributed by atoms with Crippen molar-refractivity contribution in [2.24, 2.45) is 0 Å². The zero-order valence-electron chi connectivity index (χ0n) is 17.6. The van der Waals surface area contributed by atoms with E-state index in [-0.39, 0.29) is 23.7 Å². The van der Waals surface area contributed by atoms with Crippen molar-refractivity contribution in [2.75, 3.05) is 13.1 Å². The van der Waals surface area contributed by atoms with Crippen LogP contribution >= 0.6 is 0 Å². The first kappa shape index (κ1) is 22.3. The number of para-hydroxylation sites is 1. The van der Waals surface area contributed by atoms with Gasteiger partial charge in [-0.1, -0.05) is 30.3 Å². The number of amides is 1. The molecule has 1 aromatic heterocycles. The largest absolute Gasteiger partial charge is 0.508 e. The molecule has 2 aromatic carbocycles. The van der Waals surface area contributed by atoms with Crippen molar-refractivity contribution in [1.29, 1.82) is 0 Å². The van der Waals surface area contributed by atoms with Gasteiger partial charge in [0.05, 0.1) is 11.3 Å². The van der Waals surface area contributed by atoms with E-state index in [1.807, 2.05) is 6.08 Å². The predicted octanol–water partition coefficient (Wildman–Crippen LogP) is 4.19. The van der Waals surface area contributed by atoms with Gasteiger partial charge in [-0.05, 0) is 48.7 Å². The Bertz CT molecular complexity index is 1290. The fourth-order valence-corrected chi connectivity index (χ4v) is 3.78. The Labute approximate surface area is 187 Å². The fraction of sp³-hybridized carbons (Fsp3) is 0.208. The van der Waals surface area contributed by atoms with E-state index in [0.29, 0.717) is 13.0 Å². The van der Waals surface area contributed by atoms with Gasteiger partial charge in [0, 0.05) is 24.8 Å². The highest BCUT2D eigenvalue weighted by Gasteiger charge is 2.34. The van der Waals surface area contributed by atoms with Crippen LogP contribution in [0.1, 0.15) is 33.7 Å². The highest BCUT2D eigenvalue weighted by Crippen LogP contribution is 2.33. The number of benzene rings is 2. The first-order valence-electron chi connectivity index (χ1n) is 10.2. The molecule has 0 saturated heterocycles. The number of carbonyl (C=O) groups is 1. The van der Waals surface area contributed by atoms with E-state index in [1.54, 1.807) is 24.3 Å². The second-order valence-corrected chi connectivity index (χ2v) is 7.70. The van der Waals surface area contributed by atoms with Gasteiger partial charge in [0.25, 0.3) is 5.91 Å². The van der Waals surface area contributed by atoms with Gasteiger partial charge in [0.15, 0.2) is 5.69 Å². The summed E-state index contributed by atoms with van der Waals surface area (Å²) in [6, 6.07) is 12.7. The molecule has 1 amide bonds. The van der Waals surface area contributed by atoms with E-state index in [4.69, 9.17) is 0 Å². The summed E-state index contributed by atoms with van der Waals surface area (Å²) >= 11 is 0. The number of alkyl halides is 3. The zero-order chi connectivity index (χ0) is 23.8. The molecular weight excluding hydrogens is 435 g/mol. The number of hydrogen-bond acceptors (Lipinski definition) is 4. The second-order valence-electron chi connectivity index (χ2n) is 7.70. The quantitative estimate of drug-likeness (QED) is 0.643. The summed E-state index contributed by atoms with van der Waals surface area (Å²) in [6.07, 6.45) is -2.26. The topological polar surface area (TPSA) is 75.4 Å². The molecule has 0 bridgehead atoms. The van der Waals surface area contributed by atoms with Crippen molar-refractivity contribution in [2.45, 2.75) is 19.5 Å². The number of halogens is 3. The standard InChI is InChI=1S/C24H20F3N3O3/c1-15-14-21(32)22(28-30(15)20-5-3-2-4-19(20)24(25,26)27)23(33)29-12-10-17(11-13-29)16-6-8-18(31)9-7-16/h2-10,14,31H,11-13H2,1H3. The summed E-state index contributed by atoms with van der Waals surface area (Å²) in [7, 11) is 0. The number of aromatic nitrogens is 2. The third kappa shape index (κ3) is 4.52. The normalized spacial score (nSPS) is 14.2. The molecule has 1 N–H and O–H groups in total. The lowest BCUT2D eigenvalue weighted by Gasteiger charge is -2.26. The molecule has 0 fully saturated rings. The van der Waals surface area contributed by atoms with Gasteiger partial charge >= 0.3 is 6.18 Å². The Kier molecular flexibility index (Phi) is 5.80. The molecule has 2 heterocycles. The molecule has 0 saturated carbocycles. The molecular formula is C24H20F3N3O3. The van der Waals surface area contributed by atoms with Gasteiger partial charge in [0.2, 0.25) is 5.43 Å². The van der Waals surface area contributed by atoms with Crippen LogP contribution in [0.3, 0.4) is 0 Å². The second kappa shape index (κ2) is 8.57. The van der Waals surface area contributed by atoms with Crippen LogP contribution in [0, 0.1) is 6.92 Å². The van der Waals surface area contributed by atoms with Crippen LogP contribution in [0.25, 0.3) is 11.3 Å². The van der Waals surface area contributed by atoms with Gasteiger partial charge in [-0.3, -0.25) is 9.59 Å². The Morgan fingerprint density at radius 1 is 1.09 bits per heavy atom. The van der Waals surface area contributed by atoms with Crippen LogP contribution < -0.4 is 5.43 Å². The average molecular weight is 455 g/mol. The minimum Gasteiger partial charge on any atom is -0.508 e. The number of rotatable bonds is 3. The van der Waals surface area contributed by atoms with Gasteiger partial charge in [-0.2, -0.15) is 18.3 Å². The van der Waals surface area contributed by atoms with E-state index in [2.05, 4.69) is 5.10 Å². The molecule has 1 aliphatic rings. The molecule has 0 spiro atoms. The third-order valence-corrected chi connectivity index (χ3v) is 5.48. The number of phenolic OH excluding ortho intramolecular Hbond substituents is 1. The zero-order valence-corrected chi connectivity index (χ0v) is 17.6. The number of nitrogens with zero attached hydrogens (tertiary/aromatic N) is 3. The smallest absolute Gasteiger partial charge is 0.418 e. The van der Waals surface area contributed by atoms with E-state index in [0.717, 1.165) is 28.0 Å². The summed E-state index contributed by atoms with van der Waals surface area (Å²) < 4.78 is 41.5. The molecule has 9 heteroatoms. The maximum absolute atomic E-state index is 13.5. The van der Waals surface area contributed by atoms with E-state index < -0.39 is 28.8 Å². The maximum Gasteiger partial charge on any atom is 0.418 e. The predicted molar refractivity (Wildman–Crippen MR) is 116 cm³/mol. The lowest BCUT2D eigenvalue weighted by atomic mass is 9.99. The molecule has 33 heavy (non-hydrogen) atoms. The van der Waals surface area contributed by atoms with Crippen molar-refractivity contribution < 1.29 is 23.1 Å². The lowest BCUT2D eigenvalue weighted by molar-refractivity contribution is -0.137. The molecule has 0 aliphatic carbocycles. The van der Waals surface area contributed by atoms with Gasteiger partial charge in [-0.15, -0.1) is 0 Å². The molecule has 1 aliphatic heterocycles. The van der Waals surface area contributed by atoms with Crippen molar-refractivity contribution in [3.8, 4) is 11.4 Å². The number of hydrogen-bond donors (Lipinski definition) is 1. The first-order valence-corrected chi connectivity index (χ1v) is 10.2. The highest BCUT2D eigenvalue weighted by atomic mass is 19.4. The van der Waals surface area contributed by atoms with Crippen LogP contribution in [0.2, 0.25) is 0 Å². The summed E-state index contributed by atoms with van der Waals surface area (Å²) in [5, 5.41) is 13.5. The minimum atomic E-state index is -4.62. The molecule has 170 valence electrons. The molecule has 0 atom stereocenters. The van der Waals surface area contributed by atoms with E-state index in [1.165, 1.54) is 30.0 Å². The van der Waals surface area contributed by atoms with Crippen LogP contribution in [0.15, 0.2) is 65.5 Å². The summed E-state index contributed by atoms with van der Waals surface area (Å²) in [5.74, 6) is -0.486. The number of aromatic hydroxyl groups is 1. The monoisotopic (exact) mass is 455 g/mol. The van der Waals surface area contributed by atoms with Gasteiger partial charge < -0.3 is 10.0 Å². The van der Waals surface area contributed by atoms with Crippen LogP contribution in [0.4, 0.5) is 13.2 Å². The molecule has 6 nitrogen and oxygen atoms in total. The van der Waals surface area contributed by atoms with Crippen molar-refractivity contribution >= 4 is 11.5 Å². The van der Waals surface area contributed by atoms with E-state index >= 15 is 0 Å². The number of carbonyl (C=O) groups excluding carboxylic acids is 1. The Hall–Kier alpha value is -3.88. The maximum atomic E-state index is 13.5. The molecule has 3 aromatic rings. The Balaban J connectivity index is 1.65. The summed E-state index contributed by atoms with van der Waals surface area (Å²) in [6.45, 7) is 2.01. The van der Waals surface area contributed by atoms with Crippen LogP contribution in [0.5, 0.6) is 5.75 Å². The van der Waals surface area contributed by atoms with Crippen molar-refractivity contribution in [3.05, 3.63) is 93.4 Å². The van der Waals surface area contributed by atoms with Crippen molar-refractivity contribution in [1.82, 2.24) is 14.7 Å². The average Bonchev–Trinajstić information content (AvgIpc) is 2.79. The van der Waals surface area contributed by atoms with Crippen LogP contribution in [-0.2, 0) is 6.18 Å². The molecule has 4 rings (SSSR count). The summed E-state index contributed by atoms with van der Waals surface area (Å²) in [4.78, 5) is 27.0. The number of phenols is 1. The SMILES string of the molecule is Cc1cc(=O)c(C(=O)N2CC=C(c3ccc(O)cc3)CC2)nn1-c1ccccc1C(F)(F)F. The lowest BCUT2D eigenvalue weighted by Crippen LogP contribution is -2.38. The van der Waals surface area contributed by atoms with Crippen LogP contribution in [-0.4, -0.2) is 38.8 Å². The van der Waals surface area contributed by atoms with Crippen molar-refractivity contribution in [3.63, 3.8) is 0 Å². The van der Waals surface area contributed by atoms with Gasteiger partial charge in [0.1, 0.15) is 5.75 Å². The first-order chi connectivity index (χ1) is 15.6. The third-order valence-electron chi connectivity index (χ3n) is 5.48. The minimum absolute atomic E-state index is 0.154. The summed E-state index contributed by atoms with van der Waals surface area (Å²) in [5.41, 5.74) is -0.161. The Morgan fingerprint density at radius 3 is 2.42 bits per heavy atom. The molecule has 0 unspecified atom stereocenters. The highest BCUT2D eigenvalue weighted by molar-refractivity contribution is 5.92. The van der Waals surface area contributed by atoms with E-state index in [9.17, 15) is 27.9 Å². The molecule has 0 radical (unpaired) electrons. The fourth-order valence-electron chi connectivity index (χ4n) is 3.78. The Morgan fingerprint density at radius 2 is 1.79 bits per heavy atom.